The van der Waals surface area contributed by atoms with E-state index < -0.39 is 0 Å². The Kier molecular flexibility index (Phi) is 2.64. The van der Waals surface area contributed by atoms with Crippen LogP contribution >= 0.6 is 15.9 Å². The maximum absolute atomic E-state index is 9.74. The van der Waals surface area contributed by atoms with Crippen LogP contribution in [0.5, 0.6) is 0 Å². The van der Waals surface area contributed by atoms with Crippen molar-refractivity contribution in [1.82, 2.24) is 4.98 Å². The summed E-state index contributed by atoms with van der Waals surface area (Å²) in [6.07, 6.45) is 5.92. The van der Waals surface area contributed by atoms with E-state index in [0.717, 1.165) is 23.1 Å². The molecule has 2 fully saturated rings. The Morgan fingerprint density at radius 1 is 1.25 bits per heavy atom. The number of rotatable bonds is 1. The molecule has 86 valence electrons. The third-order valence-corrected chi connectivity index (χ3v) is 4.15. The Morgan fingerprint density at radius 3 is 2.50 bits per heavy atom. The van der Waals surface area contributed by atoms with E-state index in [0.29, 0.717) is 12.1 Å². The third-order valence-electron chi connectivity index (χ3n) is 3.68. The first kappa shape index (κ1) is 10.5. The number of piperidine rings is 1. The first-order valence-electron chi connectivity index (χ1n) is 5.82. The van der Waals surface area contributed by atoms with E-state index in [1.807, 2.05) is 12.3 Å². The van der Waals surface area contributed by atoms with Gasteiger partial charge < -0.3 is 10.0 Å². The molecule has 0 aliphatic carbocycles. The normalized spacial score (nSPS) is 33.1. The molecule has 16 heavy (non-hydrogen) atoms. The summed E-state index contributed by atoms with van der Waals surface area (Å²) < 4.78 is 1.01. The highest BCUT2D eigenvalue weighted by Crippen LogP contribution is 2.38. The Balaban J connectivity index is 1.88. The number of aromatic nitrogens is 1. The minimum Gasteiger partial charge on any atom is -0.393 e. The van der Waals surface area contributed by atoms with Crippen molar-refractivity contribution in [2.75, 3.05) is 4.90 Å². The van der Waals surface area contributed by atoms with Crippen LogP contribution in [-0.4, -0.2) is 28.3 Å². The summed E-state index contributed by atoms with van der Waals surface area (Å²) in [5.74, 6) is 1.06. The highest BCUT2D eigenvalue weighted by atomic mass is 79.9. The van der Waals surface area contributed by atoms with Crippen LogP contribution in [-0.2, 0) is 0 Å². The second-order valence-corrected chi connectivity index (χ2v) is 5.67. The molecule has 0 saturated carbocycles. The van der Waals surface area contributed by atoms with Crippen molar-refractivity contribution in [2.24, 2.45) is 0 Å². The Labute approximate surface area is 104 Å². The molecular weight excluding hydrogens is 268 g/mol. The number of aliphatic hydroxyl groups excluding tert-OH is 1. The predicted molar refractivity (Wildman–Crippen MR) is 66.5 cm³/mol. The number of pyridine rings is 1. The van der Waals surface area contributed by atoms with Gasteiger partial charge in [-0.25, -0.2) is 4.98 Å². The fourth-order valence-corrected chi connectivity index (χ4v) is 3.28. The van der Waals surface area contributed by atoms with Crippen LogP contribution in [0.3, 0.4) is 0 Å². The molecule has 2 bridgehead atoms. The monoisotopic (exact) mass is 282 g/mol. The zero-order valence-corrected chi connectivity index (χ0v) is 10.6. The van der Waals surface area contributed by atoms with Gasteiger partial charge in [0.2, 0.25) is 0 Å². The molecule has 3 rings (SSSR count). The second-order valence-electron chi connectivity index (χ2n) is 4.75. The van der Waals surface area contributed by atoms with Gasteiger partial charge in [0.15, 0.2) is 0 Å². The van der Waals surface area contributed by atoms with Crippen LogP contribution < -0.4 is 4.90 Å². The molecular formula is C12H15BrN2O. The van der Waals surface area contributed by atoms with Crippen molar-refractivity contribution in [3.05, 3.63) is 22.8 Å². The Morgan fingerprint density at radius 2 is 1.94 bits per heavy atom. The van der Waals surface area contributed by atoms with E-state index in [1.165, 1.54) is 12.8 Å². The molecule has 0 aromatic carbocycles. The van der Waals surface area contributed by atoms with Crippen LogP contribution in [0.4, 0.5) is 5.82 Å². The minimum absolute atomic E-state index is 0.107. The lowest BCUT2D eigenvalue weighted by molar-refractivity contribution is 0.126. The van der Waals surface area contributed by atoms with Gasteiger partial charge in [-0.05, 0) is 53.7 Å². The summed E-state index contributed by atoms with van der Waals surface area (Å²) in [5, 5.41) is 9.74. The van der Waals surface area contributed by atoms with Crippen molar-refractivity contribution in [1.29, 1.82) is 0 Å². The molecule has 2 atom stereocenters. The number of anilines is 1. The lowest BCUT2D eigenvalue weighted by atomic mass is 10.00. The van der Waals surface area contributed by atoms with Gasteiger partial charge in [-0.1, -0.05) is 0 Å². The van der Waals surface area contributed by atoms with Gasteiger partial charge in [0.1, 0.15) is 5.82 Å². The largest absolute Gasteiger partial charge is 0.393 e. The summed E-state index contributed by atoms with van der Waals surface area (Å²) in [4.78, 5) is 6.87. The molecule has 4 heteroatoms. The molecule has 1 aromatic heterocycles. The summed E-state index contributed by atoms with van der Waals surface area (Å²) in [6.45, 7) is 0. The molecule has 3 nitrogen and oxygen atoms in total. The van der Waals surface area contributed by atoms with E-state index in [9.17, 15) is 5.11 Å². The van der Waals surface area contributed by atoms with E-state index >= 15 is 0 Å². The van der Waals surface area contributed by atoms with E-state index in [-0.39, 0.29) is 6.10 Å². The topological polar surface area (TPSA) is 36.4 Å². The number of fused-ring (bicyclic) bond motifs is 2. The van der Waals surface area contributed by atoms with Gasteiger partial charge in [0.25, 0.3) is 0 Å². The van der Waals surface area contributed by atoms with Crippen molar-refractivity contribution in [2.45, 2.75) is 43.9 Å². The highest BCUT2D eigenvalue weighted by molar-refractivity contribution is 9.10. The summed E-state index contributed by atoms with van der Waals surface area (Å²) in [5.41, 5.74) is 0. The van der Waals surface area contributed by atoms with E-state index in [2.05, 4.69) is 31.9 Å². The lowest BCUT2D eigenvalue weighted by Gasteiger charge is -2.38. The molecule has 0 radical (unpaired) electrons. The molecule has 2 aliphatic rings. The molecule has 2 saturated heterocycles. The van der Waals surface area contributed by atoms with Crippen molar-refractivity contribution >= 4 is 21.7 Å². The zero-order chi connectivity index (χ0) is 11.1. The first-order valence-corrected chi connectivity index (χ1v) is 6.61. The van der Waals surface area contributed by atoms with Gasteiger partial charge in [-0.2, -0.15) is 0 Å². The lowest BCUT2D eigenvalue weighted by Crippen LogP contribution is -2.45. The Bertz CT molecular complexity index is 367. The van der Waals surface area contributed by atoms with Crippen LogP contribution in [0.25, 0.3) is 0 Å². The summed E-state index contributed by atoms with van der Waals surface area (Å²) >= 11 is 3.40. The summed E-state index contributed by atoms with van der Waals surface area (Å²) in [6, 6.07) is 5.07. The van der Waals surface area contributed by atoms with Crippen molar-refractivity contribution < 1.29 is 5.11 Å². The average Bonchev–Trinajstić information content (AvgIpc) is 2.54. The number of hydrogen-bond acceptors (Lipinski definition) is 3. The van der Waals surface area contributed by atoms with Gasteiger partial charge in [0.05, 0.1) is 6.10 Å². The second kappa shape index (κ2) is 4.00. The zero-order valence-electron chi connectivity index (χ0n) is 9.01. The number of halogens is 1. The minimum atomic E-state index is -0.107. The number of aliphatic hydroxyl groups is 1. The standard InChI is InChI=1S/C12H15BrN2O/c13-8-1-4-12(14-7-8)15-9-2-3-10(15)6-11(16)5-9/h1,4,7,9-11,16H,2-3,5-6H2. The first-order chi connectivity index (χ1) is 7.74. The van der Waals surface area contributed by atoms with Gasteiger partial charge >= 0.3 is 0 Å². The number of nitrogens with zero attached hydrogens (tertiary/aromatic N) is 2. The van der Waals surface area contributed by atoms with Crippen LogP contribution in [0.1, 0.15) is 25.7 Å². The van der Waals surface area contributed by atoms with Crippen LogP contribution in [0.15, 0.2) is 22.8 Å². The van der Waals surface area contributed by atoms with Crippen LogP contribution in [0.2, 0.25) is 0 Å². The quantitative estimate of drug-likeness (QED) is 0.859. The predicted octanol–water partition coefficient (Wildman–Crippen LogP) is 2.34. The van der Waals surface area contributed by atoms with Gasteiger partial charge in [-0.15, -0.1) is 0 Å². The SMILES string of the molecule is OC1CC2CCC(C1)N2c1ccc(Br)cn1. The highest BCUT2D eigenvalue weighted by Gasteiger charge is 2.40. The van der Waals surface area contributed by atoms with Crippen molar-refractivity contribution in [3.8, 4) is 0 Å². The fraction of sp³-hybridized carbons (Fsp3) is 0.583. The fourth-order valence-electron chi connectivity index (χ4n) is 3.04. The van der Waals surface area contributed by atoms with Gasteiger partial charge in [-0.3, -0.25) is 0 Å². The maximum atomic E-state index is 9.74. The molecule has 2 unspecified atom stereocenters. The molecule has 0 spiro atoms. The molecule has 0 amide bonds. The Hall–Kier alpha value is -0.610. The molecule has 1 aromatic rings. The van der Waals surface area contributed by atoms with Crippen LogP contribution in [0, 0.1) is 0 Å². The molecule has 3 heterocycles. The van der Waals surface area contributed by atoms with E-state index in [1.54, 1.807) is 0 Å². The third kappa shape index (κ3) is 1.74. The smallest absolute Gasteiger partial charge is 0.129 e. The van der Waals surface area contributed by atoms with E-state index in [4.69, 9.17) is 0 Å². The maximum Gasteiger partial charge on any atom is 0.129 e. The number of hydrogen-bond donors (Lipinski definition) is 1. The summed E-state index contributed by atoms with van der Waals surface area (Å²) in [7, 11) is 0. The molecule has 2 aliphatic heterocycles. The average molecular weight is 283 g/mol. The van der Waals surface area contributed by atoms with Crippen molar-refractivity contribution in [3.63, 3.8) is 0 Å². The van der Waals surface area contributed by atoms with Gasteiger partial charge in [0, 0.05) is 22.8 Å². The molecule has 1 N–H and O–H groups in total.